The van der Waals surface area contributed by atoms with E-state index in [4.69, 9.17) is 4.42 Å². The van der Waals surface area contributed by atoms with E-state index in [-0.39, 0.29) is 0 Å². The highest BCUT2D eigenvalue weighted by molar-refractivity contribution is 5.46. The number of aromatic nitrogens is 3. The Morgan fingerprint density at radius 3 is 3.29 bits per heavy atom. The molecule has 1 aliphatic heterocycles. The summed E-state index contributed by atoms with van der Waals surface area (Å²) in [7, 11) is 0. The number of hydrogen-bond donors (Lipinski definition) is 1. The number of nitrogens with zero attached hydrogens (tertiary/aromatic N) is 3. The van der Waals surface area contributed by atoms with Crippen LogP contribution >= 0.6 is 0 Å². The molecular formula is C9H10N4O. The van der Waals surface area contributed by atoms with Gasteiger partial charge in [0, 0.05) is 13.1 Å². The second-order valence-electron chi connectivity index (χ2n) is 3.25. The zero-order valence-electron chi connectivity index (χ0n) is 7.60. The van der Waals surface area contributed by atoms with Gasteiger partial charge in [-0.1, -0.05) is 0 Å². The van der Waals surface area contributed by atoms with Crippen molar-refractivity contribution in [2.24, 2.45) is 0 Å². The molecule has 0 saturated heterocycles. The molecule has 72 valence electrons. The molecule has 0 radical (unpaired) electrons. The Balaban J connectivity index is 2.11. The van der Waals surface area contributed by atoms with Gasteiger partial charge in [0.25, 0.3) is 0 Å². The second-order valence-corrected chi connectivity index (χ2v) is 3.25. The van der Waals surface area contributed by atoms with Gasteiger partial charge in [0.1, 0.15) is 5.82 Å². The molecule has 0 unspecified atom stereocenters. The van der Waals surface area contributed by atoms with Crippen LogP contribution < -0.4 is 5.32 Å². The molecule has 1 N–H and O–H groups in total. The maximum Gasteiger partial charge on any atom is 0.199 e. The van der Waals surface area contributed by atoms with Crippen LogP contribution in [0.4, 0.5) is 0 Å². The summed E-state index contributed by atoms with van der Waals surface area (Å²) in [5.74, 6) is 2.58. The van der Waals surface area contributed by atoms with E-state index < -0.39 is 0 Å². The fourth-order valence-electron chi connectivity index (χ4n) is 1.68. The predicted octanol–water partition coefficient (Wildman–Crippen LogP) is 0.641. The SMILES string of the molecule is c1coc(-c2nnc3n2CCNC3)c1. The lowest BCUT2D eigenvalue weighted by Crippen LogP contribution is -2.28. The van der Waals surface area contributed by atoms with E-state index in [1.54, 1.807) is 6.26 Å². The molecule has 5 nitrogen and oxygen atoms in total. The minimum Gasteiger partial charge on any atom is -0.461 e. The van der Waals surface area contributed by atoms with Crippen LogP contribution in [0.2, 0.25) is 0 Å². The Labute approximate surface area is 80.7 Å². The molecule has 2 aromatic heterocycles. The zero-order chi connectivity index (χ0) is 9.38. The van der Waals surface area contributed by atoms with E-state index in [0.717, 1.165) is 37.0 Å². The molecule has 0 aliphatic carbocycles. The van der Waals surface area contributed by atoms with Gasteiger partial charge in [-0.05, 0) is 12.1 Å². The topological polar surface area (TPSA) is 55.9 Å². The summed E-state index contributed by atoms with van der Waals surface area (Å²) < 4.78 is 7.39. The van der Waals surface area contributed by atoms with Crippen LogP contribution in [0.15, 0.2) is 22.8 Å². The molecule has 3 heterocycles. The monoisotopic (exact) mass is 190 g/mol. The van der Waals surface area contributed by atoms with Crippen molar-refractivity contribution in [3.63, 3.8) is 0 Å². The van der Waals surface area contributed by atoms with Crippen molar-refractivity contribution in [1.82, 2.24) is 20.1 Å². The van der Waals surface area contributed by atoms with Crippen LogP contribution in [0.25, 0.3) is 11.6 Å². The Bertz CT molecular complexity index is 432. The van der Waals surface area contributed by atoms with Crippen LogP contribution in [0.3, 0.4) is 0 Å². The lowest BCUT2D eigenvalue weighted by atomic mass is 10.3. The maximum atomic E-state index is 5.30. The smallest absolute Gasteiger partial charge is 0.199 e. The molecular weight excluding hydrogens is 180 g/mol. The molecule has 2 aromatic rings. The Morgan fingerprint density at radius 1 is 1.43 bits per heavy atom. The fraction of sp³-hybridized carbons (Fsp3) is 0.333. The first kappa shape index (κ1) is 7.75. The second kappa shape index (κ2) is 2.95. The summed E-state index contributed by atoms with van der Waals surface area (Å²) in [4.78, 5) is 0. The summed E-state index contributed by atoms with van der Waals surface area (Å²) >= 11 is 0. The molecule has 0 aromatic carbocycles. The van der Waals surface area contributed by atoms with Crippen LogP contribution in [-0.4, -0.2) is 21.3 Å². The predicted molar refractivity (Wildman–Crippen MR) is 49.4 cm³/mol. The van der Waals surface area contributed by atoms with Crippen LogP contribution in [0.1, 0.15) is 5.82 Å². The molecule has 3 rings (SSSR count). The highest BCUT2D eigenvalue weighted by Gasteiger charge is 2.17. The molecule has 0 amide bonds. The van der Waals surface area contributed by atoms with Gasteiger partial charge in [-0.15, -0.1) is 10.2 Å². The molecule has 0 fully saturated rings. The van der Waals surface area contributed by atoms with E-state index in [0.29, 0.717) is 0 Å². The first-order chi connectivity index (χ1) is 6.95. The first-order valence-corrected chi connectivity index (χ1v) is 4.62. The van der Waals surface area contributed by atoms with E-state index in [1.165, 1.54) is 0 Å². The zero-order valence-corrected chi connectivity index (χ0v) is 7.60. The molecule has 1 aliphatic rings. The van der Waals surface area contributed by atoms with Crippen molar-refractivity contribution in [3.8, 4) is 11.6 Å². The Hall–Kier alpha value is -1.62. The Kier molecular flexibility index (Phi) is 1.63. The molecule has 14 heavy (non-hydrogen) atoms. The van der Waals surface area contributed by atoms with Crippen molar-refractivity contribution >= 4 is 0 Å². The highest BCUT2D eigenvalue weighted by atomic mass is 16.3. The van der Waals surface area contributed by atoms with Gasteiger partial charge < -0.3 is 14.3 Å². The maximum absolute atomic E-state index is 5.30. The molecule has 0 atom stereocenters. The summed E-state index contributed by atoms with van der Waals surface area (Å²) in [5.41, 5.74) is 0. The van der Waals surface area contributed by atoms with E-state index >= 15 is 0 Å². The van der Waals surface area contributed by atoms with E-state index in [1.807, 2.05) is 12.1 Å². The number of hydrogen-bond acceptors (Lipinski definition) is 4. The van der Waals surface area contributed by atoms with Gasteiger partial charge in [0.15, 0.2) is 11.6 Å². The third kappa shape index (κ3) is 1.06. The van der Waals surface area contributed by atoms with Crippen LogP contribution in [-0.2, 0) is 13.1 Å². The lowest BCUT2D eigenvalue weighted by Gasteiger charge is -2.14. The summed E-state index contributed by atoms with van der Waals surface area (Å²) in [6, 6.07) is 3.76. The van der Waals surface area contributed by atoms with Crippen molar-refractivity contribution in [1.29, 1.82) is 0 Å². The Morgan fingerprint density at radius 2 is 2.43 bits per heavy atom. The average Bonchev–Trinajstić information content (AvgIpc) is 2.85. The van der Waals surface area contributed by atoms with E-state index in [9.17, 15) is 0 Å². The van der Waals surface area contributed by atoms with Gasteiger partial charge in [-0.3, -0.25) is 0 Å². The van der Waals surface area contributed by atoms with Crippen molar-refractivity contribution < 1.29 is 4.42 Å². The summed E-state index contributed by atoms with van der Waals surface area (Å²) in [6.07, 6.45) is 1.65. The van der Waals surface area contributed by atoms with Gasteiger partial charge in [-0.2, -0.15) is 0 Å². The largest absolute Gasteiger partial charge is 0.461 e. The van der Waals surface area contributed by atoms with Gasteiger partial charge in [-0.25, -0.2) is 0 Å². The average molecular weight is 190 g/mol. The van der Waals surface area contributed by atoms with Crippen molar-refractivity contribution in [2.45, 2.75) is 13.1 Å². The number of furan rings is 1. The van der Waals surface area contributed by atoms with Crippen LogP contribution in [0, 0.1) is 0 Å². The van der Waals surface area contributed by atoms with Gasteiger partial charge >= 0.3 is 0 Å². The highest BCUT2D eigenvalue weighted by Crippen LogP contribution is 2.19. The van der Waals surface area contributed by atoms with Gasteiger partial charge in [0.05, 0.1) is 12.8 Å². The molecule has 0 saturated carbocycles. The number of fused-ring (bicyclic) bond motifs is 1. The van der Waals surface area contributed by atoms with Crippen molar-refractivity contribution in [3.05, 3.63) is 24.2 Å². The molecule has 5 heteroatoms. The quantitative estimate of drug-likeness (QED) is 0.717. The summed E-state index contributed by atoms with van der Waals surface area (Å²) in [6.45, 7) is 2.64. The van der Waals surface area contributed by atoms with Gasteiger partial charge in [0.2, 0.25) is 0 Å². The number of nitrogens with one attached hydrogen (secondary N) is 1. The lowest BCUT2D eigenvalue weighted by molar-refractivity contribution is 0.500. The molecule has 0 bridgehead atoms. The van der Waals surface area contributed by atoms with Crippen molar-refractivity contribution in [2.75, 3.05) is 6.54 Å². The standard InChI is InChI=1S/C9H10N4O/c1-2-7(14-5-1)9-12-11-8-6-10-3-4-13(8)9/h1-2,5,10H,3-4,6H2. The van der Waals surface area contributed by atoms with Crippen LogP contribution in [0.5, 0.6) is 0 Å². The normalized spacial score (nSPS) is 15.4. The summed E-state index contributed by atoms with van der Waals surface area (Å²) in [5, 5.41) is 11.5. The third-order valence-electron chi connectivity index (χ3n) is 2.36. The minimum absolute atomic E-state index is 0.783. The first-order valence-electron chi connectivity index (χ1n) is 4.62. The van der Waals surface area contributed by atoms with E-state index in [2.05, 4.69) is 20.1 Å². The fourth-order valence-corrected chi connectivity index (χ4v) is 1.68. The number of rotatable bonds is 1. The third-order valence-corrected chi connectivity index (χ3v) is 2.36. The minimum atomic E-state index is 0.783. The molecule has 0 spiro atoms.